The average Bonchev–Trinajstić information content (AvgIpc) is 1.99. The maximum Gasteiger partial charge on any atom is 1.00 e. The van der Waals surface area contributed by atoms with Crippen LogP contribution in [0.1, 0.15) is 13.3 Å². The van der Waals surface area contributed by atoms with Crippen LogP contribution in [0.3, 0.4) is 0 Å². The molecule has 10 heteroatoms. The van der Waals surface area contributed by atoms with E-state index < -0.39 is 40.1 Å². The van der Waals surface area contributed by atoms with Crippen LogP contribution in [0.4, 0.5) is 0 Å². The number of rotatable bonds is 7. The standard InChI is InChI=1S/C7H18O6S2Si.Li/c1-4-16(2,3)13-15(11,12)7-5-6-14(8,9)10;/h4-7H2,1-3H3,(H,8,9,10);/q;+1/p-1. The van der Waals surface area contributed by atoms with E-state index in [0.29, 0.717) is 6.04 Å². The molecule has 0 bridgehead atoms. The number of hydrogen-bond acceptors (Lipinski definition) is 6. The molecule has 0 fully saturated rings. The summed E-state index contributed by atoms with van der Waals surface area (Å²) >= 11 is 0. The molecule has 98 valence electrons. The molecule has 0 aromatic carbocycles. The van der Waals surface area contributed by atoms with Crippen LogP contribution in [-0.2, 0) is 24.1 Å². The molecule has 0 unspecified atom stereocenters. The van der Waals surface area contributed by atoms with E-state index in [1.54, 1.807) is 13.1 Å². The van der Waals surface area contributed by atoms with Gasteiger partial charge in [-0.1, -0.05) is 6.92 Å². The smallest absolute Gasteiger partial charge is 0.748 e. The van der Waals surface area contributed by atoms with E-state index >= 15 is 0 Å². The Kier molecular flexibility index (Phi) is 8.55. The third-order valence-corrected chi connectivity index (χ3v) is 8.09. The zero-order valence-electron chi connectivity index (χ0n) is 10.6. The summed E-state index contributed by atoms with van der Waals surface area (Å²) in [7, 11) is -10.3. The van der Waals surface area contributed by atoms with Gasteiger partial charge in [-0.25, -0.2) is 16.8 Å². The van der Waals surface area contributed by atoms with E-state index in [4.69, 9.17) is 3.87 Å². The monoisotopic (exact) mass is 296 g/mol. The fourth-order valence-corrected chi connectivity index (χ4v) is 5.59. The van der Waals surface area contributed by atoms with E-state index in [1.165, 1.54) is 0 Å². The minimum atomic E-state index is -4.35. The maximum atomic E-state index is 11.4. The van der Waals surface area contributed by atoms with Crippen LogP contribution in [0.2, 0.25) is 19.1 Å². The Morgan fingerprint density at radius 3 is 1.94 bits per heavy atom. The largest absolute Gasteiger partial charge is 1.00 e. The van der Waals surface area contributed by atoms with Crippen LogP contribution < -0.4 is 18.9 Å². The van der Waals surface area contributed by atoms with Crippen LogP contribution in [-0.4, -0.2) is 41.2 Å². The molecule has 0 radical (unpaired) electrons. The van der Waals surface area contributed by atoms with Crippen LogP contribution in [0.25, 0.3) is 0 Å². The van der Waals surface area contributed by atoms with Gasteiger partial charge in [0.2, 0.25) is 8.32 Å². The Labute approximate surface area is 116 Å². The Bertz CT molecular complexity index is 416. The predicted octanol–water partition coefficient (Wildman–Crippen LogP) is -2.50. The van der Waals surface area contributed by atoms with E-state index in [0.717, 1.165) is 0 Å². The molecule has 0 amide bonds. The normalized spacial score (nSPS) is 13.2. The molecule has 0 saturated carbocycles. The first-order valence-corrected chi connectivity index (χ1v) is 11.1. The average molecular weight is 296 g/mol. The summed E-state index contributed by atoms with van der Waals surface area (Å²) < 4.78 is 58.6. The van der Waals surface area contributed by atoms with Gasteiger partial charge in [0.1, 0.15) is 0 Å². The minimum Gasteiger partial charge on any atom is -0.748 e. The third kappa shape index (κ3) is 11.5. The predicted molar refractivity (Wildman–Crippen MR) is 62.0 cm³/mol. The van der Waals surface area contributed by atoms with Crippen LogP contribution in [0.15, 0.2) is 0 Å². The molecule has 0 aromatic rings. The Hall–Kier alpha value is 0.634. The van der Waals surface area contributed by atoms with Crippen LogP contribution in [0, 0.1) is 0 Å². The second-order valence-electron chi connectivity index (χ2n) is 4.07. The van der Waals surface area contributed by atoms with Crippen molar-refractivity contribution in [1.82, 2.24) is 0 Å². The van der Waals surface area contributed by atoms with Gasteiger partial charge in [-0.15, -0.1) is 0 Å². The molecule has 6 nitrogen and oxygen atoms in total. The second-order valence-corrected chi connectivity index (χ2v) is 12.0. The first-order chi connectivity index (χ1) is 6.97. The molecule has 0 spiro atoms. The van der Waals surface area contributed by atoms with Gasteiger partial charge >= 0.3 is 18.9 Å². The molecule has 0 heterocycles. The van der Waals surface area contributed by atoms with Crippen molar-refractivity contribution in [3.63, 3.8) is 0 Å². The Morgan fingerprint density at radius 2 is 1.59 bits per heavy atom. The molecule has 0 aromatic heterocycles. The zero-order chi connectivity index (χ0) is 13.0. The molecular formula is C7H17LiO6S2Si. The Balaban J connectivity index is 0. The quantitative estimate of drug-likeness (QED) is 0.380. The zero-order valence-corrected chi connectivity index (χ0v) is 13.2. The van der Waals surface area contributed by atoms with Gasteiger partial charge in [0, 0.05) is 5.75 Å². The molecule has 0 aliphatic heterocycles. The van der Waals surface area contributed by atoms with Crippen molar-refractivity contribution in [3.05, 3.63) is 0 Å². The first-order valence-electron chi connectivity index (χ1n) is 4.84. The fraction of sp³-hybridized carbons (Fsp3) is 1.00. The summed E-state index contributed by atoms with van der Waals surface area (Å²) in [6, 6.07) is 0.645. The van der Waals surface area contributed by atoms with Crippen molar-refractivity contribution in [3.8, 4) is 0 Å². The van der Waals surface area contributed by atoms with Crippen LogP contribution >= 0.6 is 0 Å². The molecule has 0 aliphatic rings. The molecule has 0 saturated heterocycles. The molecule has 17 heavy (non-hydrogen) atoms. The molecular weight excluding hydrogens is 279 g/mol. The summed E-state index contributed by atoms with van der Waals surface area (Å²) in [6.45, 7) is 5.35. The van der Waals surface area contributed by atoms with Gasteiger partial charge in [-0.3, -0.25) is 0 Å². The summed E-state index contributed by atoms with van der Waals surface area (Å²) in [5, 5.41) is 0. The molecule has 0 rings (SSSR count). The number of hydrogen-bond donors (Lipinski definition) is 0. The SMILES string of the molecule is CC[Si](C)(C)OS(=O)(=O)CCCS(=O)(=O)[O-].[Li+]. The summed E-state index contributed by atoms with van der Waals surface area (Å²) in [6.07, 6.45) is -0.220. The molecule has 0 N–H and O–H groups in total. The first kappa shape index (κ1) is 20.0. The molecule has 0 aliphatic carbocycles. The van der Waals surface area contributed by atoms with E-state index in [9.17, 15) is 21.4 Å². The van der Waals surface area contributed by atoms with Gasteiger partial charge in [0.25, 0.3) is 10.1 Å². The van der Waals surface area contributed by atoms with E-state index in [1.807, 2.05) is 6.92 Å². The Morgan fingerprint density at radius 1 is 1.12 bits per heavy atom. The van der Waals surface area contributed by atoms with Crippen molar-refractivity contribution in [2.75, 3.05) is 11.5 Å². The van der Waals surface area contributed by atoms with Crippen molar-refractivity contribution in [1.29, 1.82) is 0 Å². The van der Waals surface area contributed by atoms with Crippen molar-refractivity contribution >= 4 is 28.6 Å². The topological polar surface area (TPSA) is 101 Å². The summed E-state index contributed by atoms with van der Waals surface area (Å²) in [4.78, 5) is 0. The second kappa shape index (κ2) is 7.28. The van der Waals surface area contributed by atoms with Crippen LogP contribution in [0.5, 0.6) is 0 Å². The third-order valence-electron chi connectivity index (χ3n) is 1.99. The summed E-state index contributed by atoms with van der Waals surface area (Å²) in [5.41, 5.74) is 0. The van der Waals surface area contributed by atoms with E-state index in [-0.39, 0.29) is 25.3 Å². The van der Waals surface area contributed by atoms with Crippen molar-refractivity contribution in [2.45, 2.75) is 32.5 Å². The fourth-order valence-electron chi connectivity index (χ4n) is 0.857. The van der Waals surface area contributed by atoms with Gasteiger partial charge in [0.05, 0.1) is 15.9 Å². The molecule has 0 atom stereocenters. The van der Waals surface area contributed by atoms with Gasteiger partial charge in [0.15, 0.2) is 0 Å². The maximum absolute atomic E-state index is 11.4. The van der Waals surface area contributed by atoms with Gasteiger partial charge < -0.3 is 8.42 Å². The summed E-state index contributed by atoms with van der Waals surface area (Å²) in [5.74, 6) is -1.10. The van der Waals surface area contributed by atoms with Crippen molar-refractivity contribution < 1.29 is 44.1 Å². The van der Waals surface area contributed by atoms with E-state index in [2.05, 4.69) is 0 Å². The minimum absolute atomic E-state index is 0. The van der Waals surface area contributed by atoms with Crippen molar-refractivity contribution in [2.24, 2.45) is 0 Å². The van der Waals surface area contributed by atoms with Gasteiger partial charge in [-0.05, 0) is 25.6 Å². The van der Waals surface area contributed by atoms with Gasteiger partial charge in [-0.2, -0.15) is 0 Å².